The fourth-order valence-corrected chi connectivity index (χ4v) is 4.87. The Balaban J connectivity index is 1.47. The van der Waals surface area contributed by atoms with Crippen LogP contribution in [0, 0.1) is 6.92 Å². The van der Waals surface area contributed by atoms with Gasteiger partial charge in [-0.25, -0.2) is 0 Å². The van der Waals surface area contributed by atoms with Crippen LogP contribution in [0.2, 0.25) is 0 Å². The number of nitrogens with two attached hydrogens (primary N) is 1. The molecule has 1 saturated heterocycles. The SMILES string of the molecule is COc1ccc2c(c1)c(N1CCC(c3nc(-c4ccccc4C)no3)CC1)c(C(N)=O)c(=O)n2C. The number of pyridine rings is 1. The number of hydrogen-bond acceptors (Lipinski definition) is 7. The third-order valence-corrected chi connectivity index (χ3v) is 6.81. The van der Waals surface area contributed by atoms with Gasteiger partial charge in [0.2, 0.25) is 11.7 Å². The molecule has 9 nitrogen and oxygen atoms in total. The maximum atomic E-state index is 13.1. The Hall–Kier alpha value is -4.14. The number of aromatic nitrogens is 3. The first-order chi connectivity index (χ1) is 16.9. The summed E-state index contributed by atoms with van der Waals surface area (Å²) in [5.41, 5.74) is 8.58. The van der Waals surface area contributed by atoms with Crippen molar-refractivity contribution >= 4 is 22.5 Å². The van der Waals surface area contributed by atoms with Gasteiger partial charge in [0.25, 0.3) is 11.5 Å². The third kappa shape index (κ3) is 3.92. The number of nitrogens with zero attached hydrogens (tertiary/aromatic N) is 4. The van der Waals surface area contributed by atoms with E-state index in [-0.39, 0.29) is 11.5 Å². The fraction of sp³-hybridized carbons (Fsp3) is 0.308. The van der Waals surface area contributed by atoms with Crippen molar-refractivity contribution in [1.82, 2.24) is 14.7 Å². The lowest BCUT2D eigenvalue weighted by molar-refractivity contribution is 0.0999. The summed E-state index contributed by atoms with van der Waals surface area (Å²) in [6.07, 6.45) is 1.46. The topological polar surface area (TPSA) is 116 Å². The standard InChI is InChI=1S/C26H27N5O4/c1-15-6-4-5-7-18(15)24-28-25(35-29-24)16-10-12-31(13-11-16)22-19-14-17(34-3)8-9-20(19)30(2)26(33)21(22)23(27)32/h4-9,14,16H,10-13H2,1-3H3,(H2,27,32). The number of hydrogen-bond donors (Lipinski definition) is 1. The predicted octanol–water partition coefficient (Wildman–Crippen LogP) is 3.39. The Morgan fingerprint density at radius 2 is 1.91 bits per heavy atom. The Kier molecular flexibility index (Phi) is 5.76. The number of amides is 1. The Morgan fingerprint density at radius 1 is 1.17 bits per heavy atom. The smallest absolute Gasteiger partial charge is 0.265 e. The second kappa shape index (κ2) is 8.90. The highest BCUT2D eigenvalue weighted by Crippen LogP contribution is 2.36. The van der Waals surface area contributed by atoms with Crippen molar-refractivity contribution < 1.29 is 14.1 Å². The Bertz CT molecular complexity index is 1480. The molecule has 0 atom stereocenters. The van der Waals surface area contributed by atoms with Gasteiger partial charge in [-0.2, -0.15) is 4.98 Å². The van der Waals surface area contributed by atoms with Crippen LogP contribution in [0.4, 0.5) is 5.69 Å². The molecule has 1 amide bonds. The molecule has 2 aromatic carbocycles. The Morgan fingerprint density at radius 3 is 2.60 bits per heavy atom. The van der Waals surface area contributed by atoms with Gasteiger partial charge >= 0.3 is 0 Å². The highest BCUT2D eigenvalue weighted by atomic mass is 16.5. The molecule has 0 spiro atoms. The van der Waals surface area contributed by atoms with Crippen molar-refractivity contribution in [3.05, 3.63) is 69.8 Å². The average Bonchev–Trinajstić information content (AvgIpc) is 3.36. The first kappa shape index (κ1) is 22.6. The van der Waals surface area contributed by atoms with E-state index < -0.39 is 11.5 Å². The molecule has 1 aliphatic rings. The van der Waals surface area contributed by atoms with E-state index in [1.807, 2.05) is 43.3 Å². The Labute approximate surface area is 202 Å². The zero-order chi connectivity index (χ0) is 24.7. The minimum Gasteiger partial charge on any atom is -0.497 e. The number of carbonyl (C=O) groups is 1. The molecule has 5 rings (SSSR count). The molecule has 9 heteroatoms. The summed E-state index contributed by atoms with van der Waals surface area (Å²) in [7, 11) is 3.22. The molecule has 0 bridgehead atoms. The van der Waals surface area contributed by atoms with Crippen LogP contribution in [0.25, 0.3) is 22.3 Å². The first-order valence-corrected chi connectivity index (χ1v) is 11.5. The fourth-order valence-electron chi connectivity index (χ4n) is 4.87. The number of anilines is 1. The van der Waals surface area contributed by atoms with E-state index in [9.17, 15) is 9.59 Å². The first-order valence-electron chi connectivity index (χ1n) is 11.5. The van der Waals surface area contributed by atoms with Gasteiger partial charge in [0.15, 0.2) is 0 Å². The van der Waals surface area contributed by atoms with Gasteiger partial charge in [0.05, 0.1) is 18.3 Å². The van der Waals surface area contributed by atoms with Gasteiger partial charge < -0.3 is 24.5 Å². The highest BCUT2D eigenvalue weighted by Gasteiger charge is 2.30. The molecule has 0 aliphatic carbocycles. The van der Waals surface area contributed by atoms with Crippen molar-refractivity contribution in [2.45, 2.75) is 25.7 Å². The summed E-state index contributed by atoms with van der Waals surface area (Å²) in [4.78, 5) is 32.2. The van der Waals surface area contributed by atoms with Crippen LogP contribution in [0.1, 0.15) is 40.6 Å². The average molecular weight is 474 g/mol. The van der Waals surface area contributed by atoms with E-state index in [4.69, 9.17) is 15.0 Å². The molecule has 2 N–H and O–H groups in total. The molecule has 0 saturated carbocycles. The lowest BCUT2D eigenvalue weighted by Gasteiger charge is -2.34. The highest BCUT2D eigenvalue weighted by molar-refractivity contribution is 6.07. The molecule has 0 unspecified atom stereocenters. The van der Waals surface area contributed by atoms with Gasteiger partial charge in [-0.3, -0.25) is 9.59 Å². The monoisotopic (exact) mass is 473 g/mol. The number of rotatable bonds is 5. The number of ether oxygens (including phenoxy) is 1. The molecule has 35 heavy (non-hydrogen) atoms. The zero-order valence-corrected chi connectivity index (χ0v) is 19.9. The second-order valence-electron chi connectivity index (χ2n) is 8.87. The number of primary amides is 1. The van der Waals surface area contributed by atoms with Crippen LogP contribution in [0.5, 0.6) is 5.75 Å². The summed E-state index contributed by atoms with van der Waals surface area (Å²) >= 11 is 0. The number of aryl methyl sites for hydroxylation is 2. The van der Waals surface area contributed by atoms with E-state index >= 15 is 0 Å². The van der Waals surface area contributed by atoms with Gasteiger partial charge in [-0.15, -0.1) is 0 Å². The van der Waals surface area contributed by atoms with E-state index in [2.05, 4.69) is 15.0 Å². The van der Waals surface area contributed by atoms with Crippen LogP contribution in [-0.4, -0.2) is 40.8 Å². The number of benzene rings is 2. The quantitative estimate of drug-likeness (QED) is 0.472. The van der Waals surface area contributed by atoms with Crippen molar-refractivity contribution in [2.75, 3.05) is 25.1 Å². The van der Waals surface area contributed by atoms with E-state index in [0.29, 0.717) is 41.8 Å². The molecule has 0 radical (unpaired) electrons. The number of methoxy groups -OCH3 is 1. The van der Waals surface area contributed by atoms with Crippen LogP contribution < -0.4 is 20.9 Å². The van der Waals surface area contributed by atoms with Gasteiger partial charge in [0.1, 0.15) is 11.3 Å². The molecule has 2 aromatic heterocycles. The maximum Gasteiger partial charge on any atom is 0.265 e. The molecule has 1 fully saturated rings. The molecule has 4 aromatic rings. The third-order valence-electron chi connectivity index (χ3n) is 6.81. The zero-order valence-electron chi connectivity index (χ0n) is 19.9. The molecular weight excluding hydrogens is 446 g/mol. The van der Waals surface area contributed by atoms with Crippen LogP contribution in [0.15, 0.2) is 51.8 Å². The number of piperidine rings is 1. The van der Waals surface area contributed by atoms with Gasteiger partial charge in [-0.1, -0.05) is 29.4 Å². The lowest BCUT2D eigenvalue weighted by atomic mass is 9.95. The van der Waals surface area contributed by atoms with Crippen LogP contribution in [-0.2, 0) is 7.05 Å². The largest absolute Gasteiger partial charge is 0.497 e. The summed E-state index contributed by atoms with van der Waals surface area (Å²) in [5, 5.41) is 4.95. The summed E-state index contributed by atoms with van der Waals surface area (Å²) < 4.78 is 12.5. The van der Waals surface area contributed by atoms with Crippen molar-refractivity contribution in [3.63, 3.8) is 0 Å². The second-order valence-corrected chi connectivity index (χ2v) is 8.87. The van der Waals surface area contributed by atoms with Crippen LogP contribution in [0.3, 0.4) is 0 Å². The lowest BCUT2D eigenvalue weighted by Crippen LogP contribution is -2.38. The van der Waals surface area contributed by atoms with Gasteiger partial charge in [-0.05, 0) is 43.5 Å². The van der Waals surface area contributed by atoms with E-state index in [1.54, 1.807) is 20.2 Å². The molecule has 1 aliphatic heterocycles. The van der Waals surface area contributed by atoms with E-state index in [1.165, 1.54) is 4.57 Å². The molecule has 180 valence electrons. The summed E-state index contributed by atoms with van der Waals surface area (Å²) in [6.45, 7) is 3.22. The number of carbonyl (C=O) groups excluding carboxylic acids is 1. The normalized spacial score (nSPS) is 14.4. The van der Waals surface area contributed by atoms with Crippen molar-refractivity contribution in [2.24, 2.45) is 12.8 Å². The minimum absolute atomic E-state index is 0.00803. The van der Waals surface area contributed by atoms with Crippen molar-refractivity contribution in [1.29, 1.82) is 0 Å². The molecular formula is C26H27N5O4. The van der Waals surface area contributed by atoms with E-state index in [0.717, 1.165) is 29.4 Å². The van der Waals surface area contributed by atoms with Gasteiger partial charge in [0, 0.05) is 37.0 Å². The molecule has 3 heterocycles. The summed E-state index contributed by atoms with van der Waals surface area (Å²) in [5.74, 6) is 1.17. The predicted molar refractivity (Wildman–Crippen MR) is 133 cm³/mol. The van der Waals surface area contributed by atoms with Crippen LogP contribution >= 0.6 is 0 Å². The maximum absolute atomic E-state index is 13.1. The summed E-state index contributed by atoms with van der Waals surface area (Å²) in [6, 6.07) is 13.4. The van der Waals surface area contributed by atoms with Crippen molar-refractivity contribution in [3.8, 4) is 17.1 Å². The minimum atomic E-state index is -0.743. The number of fused-ring (bicyclic) bond motifs is 1.